The molecule has 1 amide bonds. The molecule has 138 valence electrons. The SMILES string of the molecule is O=C(Nc1ccc(F)c(F)c1)c1cccc(S(=O)(=O)C[C@H]2CCOC2)c1. The summed E-state index contributed by atoms with van der Waals surface area (Å²) in [5.74, 6) is -2.82. The molecule has 0 radical (unpaired) electrons. The summed E-state index contributed by atoms with van der Waals surface area (Å²) in [5.41, 5.74) is 0.184. The van der Waals surface area contributed by atoms with Crippen molar-refractivity contribution in [3.63, 3.8) is 0 Å². The van der Waals surface area contributed by atoms with Crippen LogP contribution in [0.25, 0.3) is 0 Å². The Balaban J connectivity index is 1.77. The van der Waals surface area contributed by atoms with Crippen molar-refractivity contribution >= 4 is 21.4 Å². The first-order valence-electron chi connectivity index (χ1n) is 8.02. The molecule has 1 atom stereocenters. The third-order valence-corrected chi connectivity index (χ3v) is 5.99. The van der Waals surface area contributed by atoms with Crippen molar-refractivity contribution in [1.82, 2.24) is 0 Å². The van der Waals surface area contributed by atoms with Crippen molar-refractivity contribution in [2.45, 2.75) is 11.3 Å². The van der Waals surface area contributed by atoms with E-state index < -0.39 is 27.4 Å². The molecule has 2 aromatic rings. The lowest BCUT2D eigenvalue weighted by atomic mass is 10.2. The van der Waals surface area contributed by atoms with Gasteiger partial charge in [0.2, 0.25) is 0 Å². The van der Waals surface area contributed by atoms with Crippen LogP contribution in [0.2, 0.25) is 0 Å². The van der Waals surface area contributed by atoms with Gasteiger partial charge in [-0.05, 0) is 42.7 Å². The van der Waals surface area contributed by atoms with Crippen LogP contribution in [0.1, 0.15) is 16.8 Å². The van der Waals surface area contributed by atoms with Crippen LogP contribution in [0.4, 0.5) is 14.5 Å². The predicted octanol–water partition coefficient (Wildman–Crippen LogP) is 3.03. The van der Waals surface area contributed by atoms with Crippen molar-refractivity contribution in [3.8, 4) is 0 Å². The predicted molar refractivity (Wildman–Crippen MR) is 91.7 cm³/mol. The molecule has 1 N–H and O–H groups in total. The summed E-state index contributed by atoms with van der Waals surface area (Å²) >= 11 is 0. The van der Waals surface area contributed by atoms with Gasteiger partial charge in [-0.1, -0.05) is 6.07 Å². The summed E-state index contributed by atoms with van der Waals surface area (Å²) in [5, 5.41) is 2.42. The molecule has 0 saturated carbocycles. The summed E-state index contributed by atoms with van der Waals surface area (Å²) < 4.78 is 56.4. The highest BCUT2D eigenvalue weighted by Gasteiger charge is 2.25. The number of benzene rings is 2. The van der Waals surface area contributed by atoms with E-state index in [0.29, 0.717) is 19.6 Å². The third kappa shape index (κ3) is 4.25. The summed E-state index contributed by atoms with van der Waals surface area (Å²) in [4.78, 5) is 12.3. The minimum Gasteiger partial charge on any atom is -0.381 e. The van der Waals surface area contributed by atoms with E-state index in [1.807, 2.05) is 0 Å². The fraction of sp³-hybridized carbons (Fsp3) is 0.278. The number of carbonyl (C=O) groups is 1. The van der Waals surface area contributed by atoms with Crippen molar-refractivity contribution in [3.05, 3.63) is 59.7 Å². The average Bonchev–Trinajstić information content (AvgIpc) is 3.10. The molecule has 0 unspecified atom stereocenters. The molecule has 0 spiro atoms. The average molecular weight is 381 g/mol. The molecule has 0 bridgehead atoms. The first kappa shape index (κ1) is 18.5. The Morgan fingerprint density at radius 3 is 2.65 bits per heavy atom. The first-order chi connectivity index (χ1) is 12.3. The lowest BCUT2D eigenvalue weighted by molar-refractivity contribution is 0.102. The number of amides is 1. The van der Waals surface area contributed by atoms with E-state index in [2.05, 4.69) is 5.32 Å². The van der Waals surface area contributed by atoms with Crippen molar-refractivity contribution < 1.29 is 26.7 Å². The maximum absolute atomic E-state index is 13.2. The third-order valence-electron chi connectivity index (χ3n) is 4.11. The van der Waals surface area contributed by atoms with Gasteiger partial charge in [0, 0.05) is 23.9 Å². The van der Waals surface area contributed by atoms with Gasteiger partial charge in [0.05, 0.1) is 17.3 Å². The number of hydrogen-bond acceptors (Lipinski definition) is 4. The second kappa shape index (κ2) is 7.51. The summed E-state index contributed by atoms with van der Waals surface area (Å²) in [7, 11) is -3.55. The number of halogens is 2. The minimum atomic E-state index is -3.55. The van der Waals surface area contributed by atoms with Gasteiger partial charge in [0.1, 0.15) is 0 Å². The topological polar surface area (TPSA) is 72.5 Å². The van der Waals surface area contributed by atoms with E-state index in [0.717, 1.165) is 12.1 Å². The zero-order valence-electron chi connectivity index (χ0n) is 13.7. The van der Waals surface area contributed by atoms with E-state index in [1.165, 1.54) is 30.3 Å². The standard InChI is InChI=1S/C18H17F2NO4S/c19-16-5-4-14(9-17(16)20)21-18(22)13-2-1-3-15(8-13)26(23,24)11-12-6-7-25-10-12/h1-5,8-9,12H,6-7,10-11H2,(H,21,22)/t12-/m0/s1. The highest BCUT2D eigenvalue weighted by molar-refractivity contribution is 7.91. The van der Waals surface area contributed by atoms with Gasteiger partial charge in [-0.2, -0.15) is 0 Å². The molecule has 0 aliphatic carbocycles. The molecule has 5 nitrogen and oxygen atoms in total. The molecule has 3 rings (SSSR count). The molecular weight excluding hydrogens is 364 g/mol. The van der Waals surface area contributed by atoms with Crippen LogP contribution < -0.4 is 5.32 Å². The highest BCUT2D eigenvalue weighted by Crippen LogP contribution is 2.21. The molecule has 26 heavy (non-hydrogen) atoms. The molecule has 1 aliphatic rings. The van der Waals surface area contributed by atoms with E-state index in [9.17, 15) is 22.0 Å². The molecule has 0 aromatic heterocycles. The quantitative estimate of drug-likeness (QED) is 0.864. The second-order valence-corrected chi connectivity index (χ2v) is 8.16. The Bertz CT molecular complexity index is 925. The number of sulfone groups is 1. The van der Waals surface area contributed by atoms with Gasteiger partial charge in [-0.25, -0.2) is 17.2 Å². The van der Waals surface area contributed by atoms with Crippen molar-refractivity contribution in [2.75, 3.05) is 24.3 Å². The van der Waals surface area contributed by atoms with E-state index in [1.54, 1.807) is 0 Å². The van der Waals surface area contributed by atoms with Crippen LogP contribution in [-0.2, 0) is 14.6 Å². The van der Waals surface area contributed by atoms with Crippen molar-refractivity contribution in [1.29, 1.82) is 0 Å². The Hall–Kier alpha value is -2.32. The Kier molecular flexibility index (Phi) is 5.33. The number of carbonyl (C=O) groups excluding carboxylic acids is 1. The van der Waals surface area contributed by atoms with E-state index in [4.69, 9.17) is 4.74 Å². The van der Waals surface area contributed by atoms with Crippen LogP contribution in [-0.4, -0.2) is 33.3 Å². The monoisotopic (exact) mass is 381 g/mol. The van der Waals surface area contributed by atoms with Crippen LogP contribution in [0.5, 0.6) is 0 Å². The zero-order valence-corrected chi connectivity index (χ0v) is 14.6. The fourth-order valence-corrected chi connectivity index (χ4v) is 4.40. The molecule has 2 aromatic carbocycles. The number of nitrogens with one attached hydrogen (secondary N) is 1. The first-order valence-corrected chi connectivity index (χ1v) is 9.67. The van der Waals surface area contributed by atoms with Crippen LogP contribution >= 0.6 is 0 Å². The maximum Gasteiger partial charge on any atom is 0.255 e. The summed E-state index contributed by atoms with van der Waals surface area (Å²) in [6.45, 7) is 0.965. The lowest BCUT2D eigenvalue weighted by Crippen LogP contribution is -2.18. The Morgan fingerprint density at radius 2 is 1.96 bits per heavy atom. The molecule has 1 heterocycles. The lowest BCUT2D eigenvalue weighted by Gasteiger charge is -2.10. The van der Waals surface area contributed by atoms with E-state index in [-0.39, 0.29) is 27.8 Å². The number of anilines is 1. The number of ether oxygens (including phenoxy) is 1. The highest BCUT2D eigenvalue weighted by atomic mass is 32.2. The van der Waals surface area contributed by atoms with Gasteiger partial charge in [-0.3, -0.25) is 4.79 Å². The van der Waals surface area contributed by atoms with Crippen LogP contribution in [0.15, 0.2) is 47.4 Å². The summed E-state index contributed by atoms with van der Waals surface area (Å²) in [6.07, 6.45) is 0.690. The molecule has 8 heteroatoms. The van der Waals surface area contributed by atoms with Gasteiger partial charge < -0.3 is 10.1 Å². The smallest absolute Gasteiger partial charge is 0.255 e. The normalized spacial score (nSPS) is 17.2. The van der Waals surface area contributed by atoms with Gasteiger partial charge >= 0.3 is 0 Å². The minimum absolute atomic E-state index is 0.0404. The van der Waals surface area contributed by atoms with Gasteiger partial charge in [-0.15, -0.1) is 0 Å². The Labute approximate surface area is 149 Å². The molecule has 1 saturated heterocycles. The van der Waals surface area contributed by atoms with E-state index >= 15 is 0 Å². The van der Waals surface area contributed by atoms with Crippen LogP contribution in [0, 0.1) is 17.6 Å². The summed E-state index contributed by atoms with van der Waals surface area (Å²) in [6, 6.07) is 8.60. The number of rotatable bonds is 5. The maximum atomic E-state index is 13.2. The van der Waals surface area contributed by atoms with Gasteiger partial charge in [0.15, 0.2) is 21.5 Å². The fourth-order valence-electron chi connectivity index (χ4n) is 2.73. The van der Waals surface area contributed by atoms with Crippen LogP contribution in [0.3, 0.4) is 0 Å². The zero-order chi connectivity index (χ0) is 18.7. The van der Waals surface area contributed by atoms with Gasteiger partial charge in [0.25, 0.3) is 5.91 Å². The Morgan fingerprint density at radius 1 is 1.15 bits per heavy atom. The largest absolute Gasteiger partial charge is 0.381 e. The molecular formula is C18H17F2NO4S. The number of hydrogen-bond donors (Lipinski definition) is 1. The second-order valence-electron chi connectivity index (χ2n) is 6.12. The molecule has 1 fully saturated rings. The molecule has 1 aliphatic heterocycles. The van der Waals surface area contributed by atoms with Crippen molar-refractivity contribution in [2.24, 2.45) is 5.92 Å².